The topological polar surface area (TPSA) is 62.2 Å². The van der Waals surface area contributed by atoms with E-state index in [1.165, 1.54) is 0 Å². The number of nitrogens with zero attached hydrogens (tertiary/aromatic N) is 2. The van der Waals surface area contributed by atoms with Crippen LogP contribution in [-0.2, 0) is 9.47 Å². The van der Waals surface area contributed by atoms with Crippen molar-refractivity contribution in [3.8, 4) is 0 Å². The zero-order chi connectivity index (χ0) is 13.0. The van der Waals surface area contributed by atoms with Crippen molar-refractivity contribution < 1.29 is 19.4 Å². The van der Waals surface area contributed by atoms with Gasteiger partial charge in [-0.3, -0.25) is 4.90 Å². The van der Waals surface area contributed by atoms with E-state index in [1.54, 1.807) is 4.90 Å². The number of amides is 1. The average molecular weight is 258 g/mol. The van der Waals surface area contributed by atoms with Gasteiger partial charge in [0.2, 0.25) is 0 Å². The van der Waals surface area contributed by atoms with Gasteiger partial charge in [0.05, 0.1) is 31.8 Å². The van der Waals surface area contributed by atoms with Crippen molar-refractivity contribution in [1.82, 2.24) is 9.80 Å². The lowest BCUT2D eigenvalue weighted by molar-refractivity contribution is -0.150. The molecule has 2 rings (SSSR count). The summed E-state index contributed by atoms with van der Waals surface area (Å²) in [6.07, 6.45) is -0.221. The molecule has 0 aromatic carbocycles. The molecule has 0 unspecified atom stereocenters. The van der Waals surface area contributed by atoms with Gasteiger partial charge < -0.3 is 19.5 Å². The Morgan fingerprint density at radius 3 is 2.44 bits per heavy atom. The number of aliphatic hydroxyl groups is 1. The zero-order valence-corrected chi connectivity index (χ0v) is 10.9. The Kier molecular flexibility index (Phi) is 4.42. The Bertz CT molecular complexity index is 280. The average Bonchev–Trinajstić information content (AvgIpc) is 2.35. The van der Waals surface area contributed by atoms with Crippen LogP contribution in [-0.4, -0.2) is 80.2 Å². The molecule has 2 aliphatic heterocycles. The fourth-order valence-corrected chi connectivity index (χ4v) is 2.40. The highest BCUT2D eigenvalue weighted by Crippen LogP contribution is 2.28. The molecule has 1 amide bonds. The first-order chi connectivity index (χ1) is 8.69. The Balaban J connectivity index is 1.75. The van der Waals surface area contributed by atoms with Crippen molar-refractivity contribution >= 4 is 6.09 Å². The van der Waals surface area contributed by atoms with Crippen LogP contribution in [0.3, 0.4) is 0 Å². The third-order valence-corrected chi connectivity index (χ3v) is 3.61. The minimum Gasteiger partial charge on any atom is -0.450 e. The Hall–Kier alpha value is -0.850. The predicted molar refractivity (Wildman–Crippen MR) is 65.4 cm³/mol. The molecular weight excluding hydrogens is 236 g/mol. The van der Waals surface area contributed by atoms with Crippen molar-refractivity contribution in [3.63, 3.8) is 0 Å². The highest BCUT2D eigenvalue weighted by molar-refractivity contribution is 5.67. The maximum atomic E-state index is 11.5. The number of piperazine rings is 1. The Morgan fingerprint density at radius 1 is 1.33 bits per heavy atom. The minimum atomic E-state index is -0.221. The van der Waals surface area contributed by atoms with Crippen LogP contribution in [0.5, 0.6) is 0 Å². The molecule has 0 bridgehead atoms. The first kappa shape index (κ1) is 13.6. The van der Waals surface area contributed by atoms with Gasteiger partial charge in [0, 0.05) is 32.7 Å². The number of aliphatic hydroxyl groups excluding tert-OH is 1. The summed E-state index contributed by atoms with van der Waals surface area (Å²) in [5.74, 6) is 0. The molecule has 2 saturated heterocycles. The van der Waals surface area contributed by atoms with Gasteiger partial charge >= 0.3 is 6.09 Å². The summed E-state index contributed by atoms with van der Waals surface area (Å²) in [4.78, 5) is 15.6. The normalized spacial score (nSPS) is 23.6. The molecule has 2 aliphatic rings. The van der Waals surface area contributed by atoms with Gasteiger partial charge in [-0.2, -0.15) is 0 Å². The van der Waals surface area contributed by atoms with Gasteiger partial charge in [-0.1, -0.05) is 0 Å². The fourth-order valence-electron chi connectivity index (χ4n) is 2.40. The number of ether oxygens (including phenoxy) is 2. The maximum absolute atomic E-state index is 11.5. The quantitative estimate of drug-likeness (QED) is 0.754. The summed E-state index contributed by atoms with van der Waals surface area (Å²) in [5.41, 5.74) is -0.0773. The van der Waals surface area contributed by atoms with E-state index in [-0.39, 0.29) is 18.1 Å². The maximum Gasteiger partial charge on any atom is 0.409 e. The molecular formula is C12H22N2O4. The van der Waals surface area contributed by atoms with Crippen molar-refractivity contribution in [2.75, 3.05) is 59.2 Å². The molecule has 2 fully saturated rings. The summed E-state index contributed by atoms with van der Waals surface area (Å²) in [6, 6.07) is 0. The van der Waals surface area contributed by atoms with Crippen LogP contribution < -0.4 is 0 Å². The van der Waals surface area contributed by atoms with Crippen molar-refractivity contribution in [1.29, 1.82) is 0 Å². The molecule has 18 heavy (non-hydrogen) atoms. The van der Waals surface area contributed by atoms with E-state index in [2.05, 4.69) is 4.90 Å². The fraction of sp³-hybridized carbons (Fsp3) is 0.917. The summed E-state index contributed by atoms with van der Waals surface area (Å²) < 4.78 is 10.2. The van der Waals surface area contributed by atoms with Gasteiger partial charge in [-0.25, -0.2) is 4.79 Å². The monoisotopic (exact) mass is 258 g/mol. The van der Waals surface area contributed by atoms with Crippen LogP contribution in [0.2, 0.25) is 0 Å². The zero-order valence-electron chi connectivity index (χ0n) is 10.9. The lowest BCUT2D eigenvalue weighted by Gasteiger charge is -2.45. The molecule has 0 aliphatic carbocycles. The second-order valence-corrected chi connectivity index (χ2v) is 5.11. The molecule has 0 aromatic rings. The van der Waals surface area contributed by atoms with Crippen LogP contribution in [0.1, 0.15) is 6.92 Å². The highest BCUT2D eigenvalue weighted by atomic mass is 16.6. The molecule has 2 heterocycles. The lowest BCUT2D eigenvalue weighted by Crippen LogP contribution is -2.57. The van der Waals surface area contributed by atoms with Crippen molar-refractivity contribution in [2.45, 2.75) is 6.92 Å². The van der Waals surface area contributed by atoms with Crippen molar-refractivity contribution in [3.05, 3.63) is 0 Å². The molecule has 1 N–H and O–H groups in total. The van der Waals surface area contributed by atoms with Gasteiger partial charge in [-0.15, -0.1) is 0 Å². The second-order valence-electron chi connectivity index (χ2n) is 5.11. The number of carbonyl (C=O) groups is 1. The highest BCUT2D eigenvalue weighted by Gasteiger charge is 2.40. The summed E-state index contributed by atoms with van der Waals surface area (Å²) in [5, 5.41) is 9.39. The first-order valence-electron chi connectivity index (χ1n) is 6.52. The second kappa shape index (κ2) is 5.86. The number of hydrogen-bond donors (Lipinski definition) is 1. The third-order valence-electron chi connectivity index (χ3n) is 3.61. The Morgan fingerprint density at radius 2 is 2.00 bits per heavy atom. The Labute approximate surface area is 107 Å². The van der Waals surface area contributed by atoms with Crippen molar-refractivity contribution in [2.24, 2.45) is 5.41 Å². The molecule has 6 nitrogen and oxygen atoms in total. The minimum absolute atomic E-state index is 0.0773. The van der Waals surface area contributed by atoms with E-state index in [9.17, 15) is 9.90 Å². The van der Waals surface area contributed by atoms with E-state index in [1.807, 2.05) is 6.92 Å². The summed E-state index contributed by atoms with van der Waals surface area (Å²) in [7, 11) is 0. The van der Waals surface area contributed by atoms with E-state index < -0.39 is 0 Å². The SMILES string of the molecule is CCOC(=O)N1CCN(CC2(CO)COC2)CC1. The van der Waals surface area contributed by atoms with Gasteiger partial charge in [0.15, 0.2) is 0 Å². The third kappa shape index (κ3) is 2.93. The van der Waals surface area contributed by atoms with E-state index in [0.29, 0.717) is 32.9 Å². The molecule has 0 aromatic heterocycles. The van der Waals surface area contributed by atoms with Crippen LogP contribution in [0.4, 0.5) is 4.79 Å². The number of carbonyl (C=O) groups excluding carboxylic acids is 1. The molecule has 6 heteroatoms. The van der Waals surface area contributed by atoms with E-state index >= 15 is 0 Å². The predicted octanol–water partition coefficient (Wildman–Crippen LogP) is -0.231. The van der Waals surface area contributed by atoms with Crippen LogP contribution in [0.25, 0.3) is 0 Å². The summed E-state index contributed by atoms with van der Waals surface area (Å²) >= 11 is 0. The molecule has 0 spiro atoms. The van der Waals surface area contributed by atoms with Gasteiger partial charge in [0.25, 0.3) is 0 Å². The standard InChI is InChI=1S/C12H22N2O4/c1-2-18-11(16)14-5-3-13(4-6-14)7-12(8-15)9-17-10-12/h15H,2-10H2,1H3. The van der Waals surface area contributed by atoms with Crippen LogP contribution in [0, 0.1) is 5.41 Å². The molecule has 0 saturated carbocycles. The van der Waals surface area contributed by atoms with Gasteiger partial charge in [-0.05, 0) is 6.92 Å². The molecule has 0 atom stereocenters. The van der Waals surface area contributed by atoms with E-state index in [4.69, 9.17) is 9.47 Å². The smallest absolute Gasteiger partial charge is 0.409 e. The molecule has 0 radical (unpaired) electrons. The summed E-state index contributed by atoms with van der Waals surface area (Å²) in [6.45, 7) is 7.59. The largest absolute Gasteiger partial charge is 0.450 e. The lowest BCUT2D eigenvalue weighted by atomic mass is 9.86. The number of hydrogen-bond acceptors (Lipinski definition) is 5. The van der Waals surface area contributed by atoms with E-state index in [0.717, 1.165) is 19.6 Å². The van der Waals surface area contributed by atoms with Crippen LogP contribution >= 0.6 is 0 Å². The molecule has 104 valence electrons. The van der Waals surface area contributed by atoms with Crippen LogP contribution in [0.15, 0.2) is 0 Å². The number of rotatable bonds is 4. The van der Waals surface area contributed by atoms with Gasteiger partial charge in [0.1, 0.15) is 0 Å². The first-order valence-corrected chi connectivity index (χ1v) is 6.52.